The molecule has 4 heteroatoms. The molecule has 38 valence electrons. The molecular weight excluding hydrogens is 104 g/mol. The van der Waals surface area contributed by atoms with Gasteiger partial charge in [0, 0.05) is 6.16 Å². The van der Waals surface area contributed by atoms with Crippen molar-refractivity contribution in [2.45, 2.75) is 6.92 Å². The Morgan fingerprint density at radius 3 is 2.17 bits per heavy atom. The first kappa shape index (κ1) is 6.12. The third kappa shape index (κ3) is 4.12. The van der Waals surface area contributed by atoms with E-state index in [9.17, 15) is 8.76 Å². The fourth-order valence-corrected chi connectivity index (χ4v) is 0. The number of hydrogen-bond acceptors (Lipinski definition) is 1. The predicted molar refractivity (Wildman–Crippen MR) is 23.4 cm³/mol. The molecule has 2 N–H and O–H groups in total. The Balaban J connectivity index is 3.48. The highest BCUT2D eigenvalue weighted by atomic mass is 31.2. The predicted octanol–water partition coefficient (Wildman–Crippen LogP) is 1.13. The lowest BCUT2D eigenvalue weighted by atomic mass is 11.0. The third-order valence-electron chi connectivity index (χ3n) is 0.431. The second-order valence-electron chi connectivity index (χ2n) is 1.02. The van der Waals surface area contributed by atoms with Crippen LogP contribution in [0.25, 0.3) is 0 Å². The van der Waals surface area contributed by atoms with Gasteiger partial charge in [0.15, 0.2) is 0 Å². The summed E-state index contributed by atoms with van der Waals surface area (Å²) in [6.45, 7) is 1.45. The molecule has 0 amide bonds. The van der Waals surface area contributed by atoms with Gasteiger partial charge in [-0.15, -0.1) is 0 Å². The number of halogens is 1. The lowest BCUT2D eigenvalue weighted by Gasteiger charge is -1.90. The van der Waals surface area contributed by atoms with Crippen molar-refractivity contribution in [2.75, 3.05) is 6.16 Å². The normalized spacial score (nSPS) is 19.8. The fraction of sp³-hybridized carbons (Fsp3) is 1.00. The number of nitrogens with two attached hydrogens (primary N) is 1. The number of rotatable bonds is 1. The molecule has 0 aliphatic carbocycles. The molecule has 0 aromatic carbocycles. The van der Waals surface area contributed by atoms with E-state index in [0.29, 0.717) is 0 Å². The van der Waals surface area contributed by atoms with E-state index in [2.05, 4.69) is 5.50 Å². The van der Waals surface area contributed by atoms with Gasteiger partial charge < -0.3 is 0 Å². The lowest BCUT2D eigenvalue weighted by Crippen LogP contribution is -1.87. The fourth-order valence-electron chi connectivity index (χ4n) is 0. The van der Waals surface area contributed by atoms with Gasteiger partial charge in [-0.2, -0.15) is 4.20 Å². The average molecular weight is 111 g/mol. The van der Waals surface area contributed by atoms with Crippen LogP contribution in [0.1, 0.15) is 6.92 Å². The van der Waals surface area contributed by atoms with Crippen molar-refractivity contribution < 1.29 is 8.76 Å². The van der Waals surface area contributed by atoms with Crippen molar-refractivity contribution in [3.63, 3.8) is 0 Å². The maximum atomic E-state index is 11.5. The Hall–Kier alpha value is 0.120. The van der Waals surface area contributed by atoms with E-state index in [0.717, 1.165) is 0 Å². The summed E-state index contributed by atoms with van der Waals surface area (Å²) < 4.78 is 21.1. The minimum absolute atomic E-state index is 0.0625. The van der Waals surface area contributed by atoms with Crippen LogP contribution in [0.4, 0.5) is 4.20 Å². The molecular formula is C2H7FNOP. The van der Waals surface area contributed by atoms with Crippen molar-refractivity contribution >= 4 is 7.60 Å². The molecule has 0 saturated carbocycles. The Labute approximate surface area is 36.1 Å². The van der Waals surface area contributed by atoms with Gasteiger partial charge in [-0.05, 0) is 0 Å². The van der Waals surface area contributed by atoms with Crippen LogP contribution < -0.4 is 5.50 Å². The van der Waals surface area contributed by atoms with Crippen LogP contribution in [0, 0.1) is 0 Å². The quantitative estimate of drug-likeness (QED) is 0.515. The molecule has 0 saturated heterocycles. The molecule has 0 aromatic heterocycles. The summed E-state index contributed by atoms with van der Waals surface area (Å²) in [6, 6.07) is 0. The lowest BCUT2D eigenvalue weighted by molar-refractivity contribution is 0.542. The van der Waals surface area contributed by atoms with Gasteiger partial charge in [0.05, 0.1) is 0 Å². The Bertz CT molecular complexity index is 77.6. The summed E-state index contributed by atoms with van der Waals surface area (Å²) in [5.41, 5.74) is 4.42. The van der Waals surface area contributed by atoms with Gasteiger partial charge in [0.2, 0.25) is 0 Å². The van der Waals surface area contributed by atoms with Gasteiger partial charge in [0.25, 0.3) is 0 Å². The van der Waals surface area contributed by atoms with Gasteiger partial charge in [-0.25, -0.2) is 0 Å². The van der Waals surface area contributed by atoms with Gasteiger partial charge in [0.1, 0.15) is 0 Å². The molecule has 6 heavy (non-hydrogen) atoms. The van der Waals surface area contributed by atoms with E-state index in [1.54, 1.807) is 0 Å². The number of hydrogen-bond donors (Lipinski definition) is 1. The van der Waals surface area contributed by atoms with Crippen LogP contribution in [0.15, 0.2) is 0 Å². The zero-order valence-electron chi connectivity index (χ0n) is 3.52. The second-order valence-corrected chi connectivity index (χ2v) is 3.06. The summed E-state index contributed by atoms with van der Waals surface area (Å²) in [5.74, 6) is 0. The summed E-state index contributed by atoms with van der Waals surface area (Å²) in [7, 11) is -3.65. The van der Waals surface area contributed by atoms with Gasteiger partial charge >= 0.3 is 7.60 Å². The van der Waals surface area contributed by atoms with Gasteiger partial charge in [-0.1, -0.05) is 6.92 Å². The second kappa shape index (κ2) is 1.71. The standard InChI is InChI=1S/C2H7FNOP/c1-2-6(3,4)5/h2H2,1H3,(H2,4,5). The zero-order valence-corrected chi connectivity index (χ0v) is 4.41. The molecule has 0 heterocycles. The zero-order chi connectivity index (χ0) is 5.21. The monoisotopic (exact) mass is 111 g/mol. The summed E-state index contributed by atoms with van der Waals surface area (Å²) in [6.07, 6.45) is -0.0625. The first-order valence-corrected chi connectivity index (χ1v) is 3.49. The van der Waals surface area contributed by atoms with E-state index >= 15 is 0 Å². The minimum atomic E-state index is -3.65. The molecule has 0 rings (SSSR count). The molecule has 0 aliphatic heterocycles. The van der Waals surface area contributed by atoms with Crippen molar-refractivity contribution in [2.24, 2.45) is 5.50 Å². The average Bonchev–Trinajstić information content (AvgIpc) is 1.35. The highest BCUT2D eigenvalue weighted by molar-refractivity contribution is 7.55. The third-order valence-corrected chi connectivity index (χ3v) is 1.29. The van der Waals surface area contributed by atoms with Crippen LogP contribution >= 0.6 is 7.60 Å². The van der Waals surface area contributed by atoms with Crippen LogP contribution in [0.2, 0.25) is 0 Å². The van der Waals surface area contributed by atoms with Crippen molar-refractivity contribution in [1.29, 1.82) is 0 Å². The summed E-state index contributed by atoms with van der Waals surface area (Å²) in [4.78, 5) is 0. The van der Waals surface area contributed by atoms with Crippen LogP contribution in [-0.4, -0.2) is 6.16 Å². The Morgan fingerprint density at radius 1 is 2.00 bits per heavy atom. The smallest absolute Gasteiger partial charge is 0.270 e. The SMILES string of the molecule is CCP(N)(=O)F. The first-order chi connectivity index (χ1) is 2.56. The van der Waals surface area contributed by atoms with E-state index in [4.69, 9.17) is 0 Å². The molecule has 0 fully saturated rings. The highest BCUT2D eigenvalue weighted by Gasteiger charge is 2.05. The topological polar surface area (TPSA) is 43.1 Å². The van der Waals surface area contributed by atoms with E-state index < -0.39 is 7.60 Å². The molecule has 1 unspecified atom stereocenters. The molecule has 0 radical (unpaired) electrons. The minimum Gasteiger partial charge on any atom is -0.270 e. The molecule has 0 bridgehead atoms. The van der Waals surface area contributed by atoms with E-state index in [-0.39, 0.29) is 6.16 Å². The maximum absolute atomic E-state index is 11.5. The van der Waals surface area contributed by atoms with Crippen LogP contribution in [0.3, 0.4) is 0 Å². The first-order valence-electron chi connectivity index (χ1n) is 1.63. The van der Waals surface area contributed by atoms with Crippen LogP contribution in [0.5, 0.6) is 0 Å². The molecule has 0 spiro atoms. The largest absolute Gasteiger partial charge is 0.305 e. The Morgan fingerprint density at radius 2 is 2.17 bits per heavy atom. The van der Waals surface area contributed by atoms with E-state index in [1.807, 2.05) is 0 Å². The highest BCUT2D eigenvalue weighted by Crippen LogP contribution is 2.35. The molecule has 2 nitrogen and oxygen atoms in total. The van der Waals surface area contributed by atoms with Crippen molar-refractivity contribution in [1.82, 2.24) is 0 Å². The summed E-state index contributed by atoms with van der Waals surface area (Å²) in [5, 5.41) is 0. The van der Waals surface area contributed by atoms with Gasteiger partial charge in [-0.3, -0.25) is 10.1 Å². The van der Waals surface area contributed by atoms with E-state index in [1.165, 1.54) is 6.92 Å². The Kier molecular flexibility index (Phi) is 1.75. The maximum Gasteiger partial charge on any atom is 0.305 e. The molecule has 0 aliphatic rings. The van der Waals surface area contributed by atoms with Crippen molar-refractivity contribution in [3.05, 3.63) is 0 Å². The van der Waals surface area contributed by atoms with Crippen LogP contribution in [-0.2, 0) is 4.57 Å². The molecule has 0 aromatic rings. The summed E-state index contributed by atoms with van der Waals surface area (Å²) >= 11 is 0. The molecule has 1 atom stereocenters. The van der Waals surface area contributed by atoms with Crippen molar-refractivity contribution in [3.8, 4) is 0 Å².